The molecule has 7 heteroatoms. The highest BCUT2D eigenvalue weighted by molar-refractivity contribution is 5.67. The van der Waals surface area contributed by atoms with Crippen LogP contribution >= 0.6 is 0 Å². The molecule has 1 saturated heterocycles. The summed E-state index contributed by atoms with van der Waals surface area (Å²) in [6, 6.07) is 17.2. The number of aryl methyl sites for hydroxylation is 2. The molecule has 152 valence electrons. The molecule has 0 aliphatic carbocycles. The number of benzene rings is 2. The molecule has 0 unspecified atom stereocenters. The first-order valence-corrected chi connectivity index (χ1v) is 10.2. The third-order valence-corrected chi connectivity index (χ3v) is 5.54. The van der Waals surface area contributed by atoms with E-state index in [1.54, 1.807) is 6.92 Å². The zero-order valence-electron chi connectivity index (χ0n) is 17.1. The molecule has 1 aliphatic heterocycles. The topological polar surface area (TPSA) is 81.1 Å². The maximum Gasteiger partial charge on any atom is 0.243 e. The van der Waals surface area contributed by atoms with Gasteiger partial charge in [-0.25, -0.2) is 0 Å². The zero-order chi connectivity index (χ0) is 20.5. The van der Waals surface area contributed by atoms with Gasteiger partial charge >= 0.3 is 0 Å². The average molecular weight is 401 g/mol. The third-order valence-electron chi connectivity index (χ3n) is 5.54. The highest BCUT2D eigenvalue weighted by Gasteiger charge is 2.30. The van der Waals surface area contributed by atoms with Gasteiger partial charge in [0.2, 0.25) is 17.6 Å². The van der Waals surface area contributed by atoms with Gasteiger partial charge in [-0.3, -0.25) is 4.90 Å². The van der Waals surface area contributed by atoms with Crippen molar-refractivity contribution in [2.24, 2.45) is 0 Å². The molecular formula is C23H23N5O2. The number of aromatic nitrogens is 4. The Labute approximate surface area is 174 Å². The van der Waals surface area contributed by atoms with Crippen molar-refractivity contribution in [1.82, 2.24) is 25.2 Å². The van der Waals surface area contributed by atoms with Crippen LogP contribution in [0.25, 0.3) is 22.5 Å². The molecule has 2 aromatic heterocycles. The van der Waals surface area contributed by atoms with Crippen molar-refractivity contribution in [3.05, 3.63) is 71.7 Å². The van der Waals surface area contributed by atoms with E-state index in [1.165, 1.54) is 11.1 Å². The molecule has 1 atom stereocenters. The Morgan fingerprint density at radius 1 is 0.867 bits per heavy atom. The van der Waals surface area contributed by atoms with E-state index in [0.717, 1.165) is 42.9 Å². The zero-order valence-corrected chi connectivity index (χ0v) is 17.1. The van der Waals surface area contributed by atoms with E-state index in [9.17, 15) is 0 Å². The van der Waals surface area contributed by atoms with E-state index in [4.69, 9.17) is 9.05 Å². The van der Waals surface area contributed by atoms with Crippen LogP contribution in [0.5, 0.6) is 0 Å². The van der Waals surface area contributed by atoms with E-state index >= 15 is 0 Å². The molecule has 0 amide bonds. The summed E-state index contributed by atoms with van der Waals surface area (Å²) in [6.07, 6.45) is 2.21. The van der Waals surface area contributed by atoms with Crippen LogP contribution in [0, 0.1) is 13.8 Å². The van der Waals surface area contributed by atoms with Gasteiger partial charge < -0.3 is 9.05 Å². The van der Waals surface area contributed by atoms with E-state index in [-0.39, 0.29) is 6.04 Å². The maximum atomic E-state index is 5.42. The van der Waals surface area contributed by atoms with E-state index in [0.29, 0.717) is 17.5 Å². The Morgan fingerprint density at radius 2 is 1.57 bits per heavy atom. The quantitative estimate of drug-likeness (QED) is 0.478. The molecule has 1 fully saturated rings. The fourth-order valence-corrected chi connectivity index (χ4v) is 4.01. The normalized spacial score (nSPS) is 16.9. The fourth-order valence-electron chi connectivity index (χ4n) is 4.01. The molecule has 0 radical (unpaired) electrons. The maximum absolute atomic E-state index is 5.42. The van der Waals surface area contributed by atoms with E-state index in [1.807, 2.05) is 19.1 Å². The lowest BCUT2D eigenvalue weighted by Crippen LogP contribution is -2.23. The van der Waals surface area contributed by atoms with Crippen molar-refractivity contribution in [2.45, 2.75) is 39.3 Å². The minimum atomic E-state index is 0.215. The molecule has 0 spiro atoms. The summed E-state index contributed by atoms with van der Waals surface area (Å²) < 4.78 is 10.5. The van der Waals surface area contributed by atoms with E-state index in [2.05, 4.69) is 61.6 Å². The summed E-state index contributed by atoms with van der Waals surface area (Å²) >= 11 is 0. The van der Waals surface area contributed by atoms with Crippen molar-refractivity contribution in [3.63, 3.8) is 0 Å². The summed E-state index contributed by atoms with van der Waals surface area (Å²) in [5, 5.41) is 7.92. The van der Waals surface area contributed by atoms with Crippen molar-refractivity contribution in [2.75, 3.05) is 6.54 Å². The second kappa shape index (κ2) is 7.84. The molecule has 1 aliphatic rings. The number of hydrogen-bond donors (Lipinski definition) is 0. The molecular weight excluding hydrogens is 378 g/mol. The highest BCUT2D eigenvalue weighted by atomic mass is 16.5. The second-order valence-electron chi connectivity index (χ2n) is 7.72. The Morgan fingerprint density at radius 3 is 2.20 bits per heavy atom. The molecule has 2 aromatic carbocycles. The van der Waals surface area contributed by atoms with Crippen LogP contribution < -0.4 is 0 Å². The van der Waals surface area contributed by atoms with Crippen LogP contribution in [0.3, 0.4) is 0 Å². The number of nitrogens with zero attached hydrogens (tertiary/aromatic N) is 5. The van der Waals surface area contributed by atoms with E-state index < -0.39 is 0 Å². The molecule has 3 heterocycles. The molecule has 30 heavy (non-hydrogen) atoms. The minimum absolute atomic E-state index is 0.215. The standard InChI is InChI=1S/C23H23N5O2/c1-15-24-23(30-26-15)21-4-3-13-28(21)14-17-5-7-18(8-6-17)19-9-11-20(12-10-19)22-25-16(2)29-27-22/h5-12,21H,3-4,13-14H2,1-2H3/t21-/m1/s1. The lowest BCUT2D eigenvalue weighted by atomic mass is 10.0. The first-order valence-electron chi connectivity index (χ1n) is 10.2. The Balaban J connectivity index is 1.28. The van der Waals surface area contributed by atoms with Crippen molar-refractivity contribution < 1.29 is 9.05 Å². The fraction of sp³-hybridized carbons (Fsp3) is 0.304. The lowest BCUT2D eigenvalue weighted by Gasteiger charge is -2.21. The molecule has 5 rings (SSSR count). The number of rotatable bonds is 5. The van der Waals surface area contributed by atoms with Crippen LogP contribution in [0.15, 0.2) is 57.6 Å². The molecule has 0 N–H and O–H groups in total. The van der Waals surface area contributed by atoms with Crippen molar-refractivity contribution in [3.8, 4) is 22.5 Å². The monoisotopic (exact) mass is 401 g/mol. The van der Waals surface area contributed by atoms with Crippen LogP contribution in [-0.4, -0.2) is 31.7 Å². The number of likely N-dealkylation sites (tertiary alicyclic amines) is 1. The predicted octanol–water partition coefficient (Wildman–Crippen LogP) is 4.74. The van der Waals surface area contributed by atoms with Gasteiger partial charge in [-0.05, 0) is 43.0 Å². The van der Waals surface area contributed by atoms with Gasteiger partial charge in [-0.2, -0.15) is 9.97 Å². The summed E-state index contributed by atoms with van der Waals surface area (Å²) in [4.78, 5) is 11.1. The molecule has 4 aromatic rings. The summed E-state index contributed by atoms with van der Waals surface area (Å²) in [5.74, 6) is 2.62. The van der Waals surface area contributed by atoms with Gasteiger partial charge in [0.05, 0.1) is 6.04 Å². The third kappa shape index (κ3) is 3.76. The number of hydrogen-bond acceptors (Lipinski definition) is 7. The first kappa shape index (κ1) is 18.7. The molecule has 0 saturated carbocycles. The van der Waals surface area contributed by atoms with Gasteiger partial charge in [0.1, 0.15) is 0 Å². The second-order valence-corrected chi connectivity index (χ2v) is 7.72. The van der Waals surface area contributed by atoms with Crippen LogP contribution in [-0.2, 0) is 6.54 Å². The van der Waals surface area contributed by atoms with Crippen molar-refractivity contribution >= 4 is 0 Å². The smallest absolute Gasteiger partial charge is 0.243 e. The van der Waals surface area contributed by atoms with Crippen LogP contribution in [0.2, 0.25) is 0 Å². The molecule has 7 nitrogen and oxygen atoms in total. The predicted molar refractivity (Wildman–Crippen MR) is 111 cm³/mol. The summed E-state index contributed by atoms with van der Waals surface area (Å²) in [7, 11) is 0. The highest BCUT2D eigenvalue weighted by Crippen LogP contribution is 2.32. The van der Waals surface area contributed by atoms with Gasteiger partial charge in [-0.15, -0.1) is 0 Å². The van der Waals surface area contributed by atoms with Crippen LogP contribution in [0.4, 0.5) is 0 Å². The van der Waals surface area contributed by atoms with Gasteiger partial charge in [-0.1, -0.05) is 58.8 Å². The Kier molecular flexibility index (Phi) is 4.88. The average Bonchev–Trinajstić information content (AvgIpc) is 3.50. The van der Waals surface area contributed by atoms with Crippen LogP contribution in [0.1, 0.15) is 42.1 Å². The SMILES string of the molecule is Cc1noc([C@H]2CCCN2Cc2ccc(-c3ccc(-c4noc(C)n4)cc3)cc2)n1. The van der Waals surface area contributed by atoms with Gasteiger partial charge in [0, 0.05) is 19.0 Å². The summed E-state index contributed by atoms with van der Waals surface area (Å²) in [5.41, 5.74) is 4.57. The largest absolute Gasteiger partial charge is 0.339 e. The lowest BCUT2D eigenvalue weighted by molar-refractivity contribution is 0.201. The van der Waals surface area contributed by atoms with Gasteiger partial charge in [0.15, 0.2) is 5.82 Å². The first-order chi connectivity index (χ1) is 14.7. The molecule has 0 bridgehead atoms. The van der Waals surface area contributed by atoms with Gasteiger partial charge in [0.25, 0.3) is 0 Å². The Bertz CT molecular complexity index is 1130. The van der Waals surface area contributed by atoms with Crippen molar-refractivity contribution in [1.29, 1.82) is 0 Å². The summed E-state index contributed by atoms with van der Waals surface area (Å²) in [6.45, 7) is 5.58. The minimum Gasteiger partial charge on any atom is -0.339 e. The Hall–Kier alpha value is -3.32.